The SMILES string of the molecule is O=[N+]([O-])c1ccc(C(O)(c2ccco2)C(F)(F)C(F)(F)F)cc1. The van der Waals surface area contributed by atoms with E-state index in [4.69, 9.17) is 0 Å². The normalized spacial score (nSPS) is 15.2. The molecule has 0 radical (unpaired) electrons. The highest BCUT2D eigenvalue weighted by molar-refractivity contribution is 5.41. The van der Waals surface area contributed by atoms with E-state index in [1.54, 1.807) is 0 Å². The number of aliphatic hydroxyl groups is 1. The second kappa shape index (κ2) is 5.30. The average molecular weight is 337 g/mol. The van der Waals surface area contributed by atoms with Gasteiger partial charge in [0.25, 0.3) is 5.69 Å². The minimum atomic E-state index is -6.09. The molecule has 0 aliphatic heterocycles. The number of hydrogen-bond donors (Lipinski definition) is 1. The van der Waals surface area contributed by atoms with Crippen LogP contribution in [0, 0.1) is 10.1 Å². The summed E-state index contributed by atoms with van der Waals surface area (Å²) in [5.41, 5.74) is -5.31. The molecule has 5 nitrogen and oxygen atoms in total. The Bertz CT molecular complexity index is 696. The minimum absolute atomic E-state index is 0.536. The Morgan fingerprint density at radius 2 is 1.61 bits per heavy atom. The van der Waals surface area contributed by atoms with Crippen LogP contribution in [0.5, 0.6) is 0 Å². The number of nitro benzene ring substituents is 1. The van der Waals surface area contributed by atoms with Crippen molar-refractivity contribution in [3.8, 4) is 0 Å². The highest BCUT2D eigenvalue weighted by Crippen LogP contribution is 2.51. The number of furan rings is 1. The molecule has 0 aliphatic carbocycles. The van der Waals surface area contributed by atoms with Gasteiger partial charge in [-0.1, -0.05) is 0 Å². The third-order valence-corrected chi connectivity index (χ3v) is 3.18. The molecule has 0 spiro atoms. The summed E-state index contributed by atoms with van der Waals surface area (Å²) in [7, 11) is 0. The first kappa shape index (κ1) is 16.9. The van der Waals surface area contributed by atoms with E-state index in [1.807, 2.05) is 0 Å². The van der Waals surface area contributed by atoms with Crippen molar-refractivity contribution in [2.45, 2.75) is 17.7 Å². The number of non-ortho nitro benzene ring substituents is 1. The summed E-state index contributed by atoms with van der Waals surface area (Å²) in [5, 5.41) is 20.7. The van der Waals surface area contributed by atoms with E-state index < -0.39 is 39.6 Å². The Morgan fingerprint density at radius 1 is 1.04 bits per heavy atom. The lowest BCUT2D eigenvalue weighted by molar-refractivity contribution is -0.384. The zero-order chi connectivity index (χ0) is 17.5. The maximum Gasteiger partial charge on any atom is 0.457 e. The smallest absolute Gasteiger partial charge is 0.457 e. The van der Waals surface area contributed by atoms with E-state index in [-0.39, 0.29) is 0 Å². The summed E-state index contributed by atoms with van der Waals surface area (Å²) < 4.78 is 70.6. The number of alkyl halides is 5. The molecular formula is C13H8F5NO4. The molecule has 0 amide bonds. The molecule has 1 unspecified atom stereocenters. The Labute approximate surface area is 125 Å². The fraction of sp³-hybridized carbons (Fsp3) is 0.231. The van der Waals surface area contributed by atoms with Gasteiger partial charge in [0.15, 0.2) is 0 Å². The van der Waals surface area contributed by atoms with Crippen LogP contribution in [0.1, 0.15) is 11.3 Å². The van der Waals surface area contributed by atoms with Crippen LogP contribution in [0.15, 0.2) is 47.1 Å². The summed E-state index contributed by atoms with van der Waals surface area (Å²) >= 11 is 0. The molecule has 0 aliphatic rings. The van der Waals surface area contributed by atoms with E-state index in [9.17, 15) is 37.2 Å². The van der Waals surface area contributed by atoms with Crippen molar-refractivity contribution in [2.75, 3.05) is 0 Å². The molecule has 2 aromatic rings. The van der Waals surface area contributed by atoms with Crippen molar-refractivity contribution in [1.82, 2.24) is 0 Å². The molecule has 1 heterocycles. The largest absolute Gasteiger partial charge is 0.466 e. The summed E-state index contributed by atoms with van der Waals surface area (Å²) in [4.78, 5) is 9.68. The lowest BCUT2D eigenvalue weighted by Gasteiger charge is -2.35. The van der Waals surface area contributed by atoms with Gasteiger partial charge in [0.1, 0.15) is 5.76 Å². The highest BCUT2D eigenvalue weighted by Gasteiger charge is 2.72. The van der Waals surface area contributed by atoms with Crippen molar-refractivity contribution in [1.29, 1.82) is 0 Å². The second-order valence-corrected chi connectivity index (χ2v) is 4.56. The van der Waals surface area contributed by atoms with Crippen LogP contribution in [0.3, 0.4) is 0 Å². The van der Waals surface area contributed by atoms with Crippen molar-refractivity contribution in [3.05, 3.63) is 64.1 Å². The van der Waals surface area contributed by atoms with Gasteiger partial charge >= 0.3 is 12.1 Å². The van der Waals surface area contributed by atoms with E-state index >= 15 is 0 Å². The predicted molar refractivity (Wildman–Crippen MR) is 65.8 cm³/mol. The van der Waals surface area contributed by atoms with Gasteiger partial charge in [-0.05, 0) is 29.8 Å². The van der Waals surface area contributed by atoms with Gasteiger partial charge in [0.2, 0.25) is 5.60 Å². The van der Waals surface area contributed by atoms with E-state index in [2.05, 4.69) is 4.42 Å². The maximum atomic E-state index is 13.9. The molecule has 1 N–H and O–H groups in total. The predicted octanol–water partition coefficient (Wildman–Crippen LogP) is 3.62. The fourth-order valence-corrected chi connectivity index (χ4v) is 1.99. The quantitative estimate of drug-likeness (QED) is 0.525. The molecule has 0 saturated heterocycles. The minimum Gasteiger partial charge on any atom is -0.466 e. The van der Waals surface area contributed by atoms with Crippen molar-refractivity contribution >= 4 is 5.69 Å². The second-order valence-electron chi connectivity index (χ2n) is 4.56. The Balaban J connectivity index is 2.67. The lowest BCUT2D eigenvalue weighted by Crippen LogP contribution is -2.55. The number of nitrogens with zero attached hydrogens (tertiary/aromatic N) is 1. The first-order chi connectivity index (χ1) is 10.5. The first-order valence-electron chi connectivity index (χ1n) is 5.97. The molecule has 10 heteroatoms. The molecule has 0 fully saturated rings. The first-order valence-corrected chi connectivity index (χ1v) is 5.97. The monoisotopic (exact) mass is 337 g/mol. The zero-order valence-corrected chi connectivity index (χ0v) is 11.1. The Hall–Kier alpha value is -2.49. The molecule has 1 aromatic heterocycles. The highest BCUT2D eigenvalue weighted by atomic mass is 19.4. The number of hydrogen-bond acceptors (Lipinski definition) is 4. The molecule has 1 atom stereocenters. The van der Waals surface area contributed by atoms with E-state index in [1.165, 1.54) is 0 Å². The van der Waals surface area contributed by atoms with Crippen LogP contribution in [-0.4, -0.2) is 22.1 Å². The maximum absolute atomic E-state index is 13.9. The summed E-state index contributed by atoms with van der Waals surface area (Å²) in [6, 6.07) is 4.41. The fourth-order valence-electron chi connectivity index (χ4n) is 1.99. The van der Waals surface area contributed by atoms with Gasteiger partial charge in [-0.15, -0.1) is 0 Å². The van der Waals surface area contributed by atoms with Gasteiger partial charge < -0.3 is 9.52 Å². The molecule has 1 aromatic carbocycles. The third kappa shape index (κ3) is 2.54. The van der Waals surface area contributed by atoms with Gasteiger partial charge in [0.05, 0.1) is 11.2 Å². The molecule has 0 bridgehead atoms. The Morgan fingerprint density at radius 3 is 2.00 bits per heavy atom. The molecular weight excluding hydrogens is 329 g/mol. The number of nitro groups is 1. The van der Waals surface area contributed by atoms with Crippen LogP contribution in [-0.2, 0) is 5.60 Å². The molecule has 23 heavy (non-hydrogen) atoms. The van der Waals surface area contributed by atoms with Crippen LogP contribution in [0.25, 0.3) is 0 Å². The van der Waals surface area contributed by atoms with Crippen molar-refractivity contribution in [2.24, 2.45) is 0 Å². The Kier molecular flexibility index (Phi) is 3.89. The van der Waals surface area contributed by atoms with Crippen LogP contribution < -0.4 is 0 Å². The van der Waals surface area contributed by atoms with Gasteiger partial charge in [0, 0.05) is 12.1 Å². The van der Waals surface area contributed by atoms with Crippen molar-refractivity contribution in [3.63, 3.8) is 0 Å². The average Bonchev–Trinajstić information content (AvgIpc) is 2.99. The van der Waals surface area contributed by atoms with Crippen LogP contribution >= 0.6 is 0 Å². The standard InChI is InChI=1S/C13H8F5NO4/c14-12(15,13(16,17)18)11(20,10-2-1-7-23-10)8-3-5-9(6-4-8)19(21)22/h1-7,20H. The molecule has 124 valence electrons. The lowest BCUT2D eigenvalue weighted by atomic mass is 9.84. The van der Waals surface area contributed by atoms with Gasteiger partial charge in [-0.25, -0.2) is 0 Å². The van der Waals surface area contributed by atoms with Crippen LogP contribution in [0.2, 0.25) is 0 Å². The van der Waals surface area contributed by atoms with Gasteiger partial charge in [-0.3, -0.25) is 10.1 Å². The third-order valence-electron chi connectivity index (χ3n) is 3.18. The number of benzene rings is 1. The zero-order valence-electron chi connectivity index (χ0n) is 11.1. The van der Waals surface area contributed by atoms with Gasteiger partial charge in [-0.2, -0.15) is 22.0 Å². The molecule has 0 saturated carbocycles. The van der Waals surface area contributed by atoms with E-state index in [0.717, 1.165) is 18.4 Å². The number of halogens is 5. The van der Waals surface area contributed by atoms with Crippen molar-refractivity contribution < 1.29 is 36.4 Å². The van der Waals surface area contributed by atoms with E-state index in [0.29, 0.717) is 24.3 Å². The summed E-state index contributed by atoms with van der Waals surface area (Å²) in [6.45, 7) is 0. The topological polar surface area (TPSA) is 76.5 Å². The van der Waals surface area contributed by atoms with Crippen LogP contribution in [0.4, 0.5) is 27.6 Å². The summed E-state index contributed by atoms with van der Waals surface area (Å²) in [6.07, 6.45) is -5.27. The molecule has 2 rings (SSSR count). The summed E-state index contributed by atoms with van der Waals surface area (Å²) in [5.74, 6) is -6.65. The number of rotatable bonds is 4.